The van der Waals surface area contributed by atoms with Crippen molar-refractivity contribution in [3.05, 3.63) is 0 Å². The third kappa shape index (κ3) is 4.18. The van der Waals surface area contributed by atoms with Crippen LogP contribution in [0.15, 0.2) is 0 Å². The van der Waals surface area contributed by atoms with E-state index in [9.17, 15) is 4.79 Å². The third-order valence-electron chi connectivity index (χ3n) is 2.91. The number of carbonyl (C=O) groups excluding carboxylic acids is 1. The van der Waals surface area contributed by atoms with Crippen molar-refractivity contribution in [2.75, 3.05) is 20.3 Å². The molecule has 1 rings (SSSR count). The Morgan fingerprint density at radius 1 is 1.33 bits per heavy atom. The summed E-state index contributed by atoms with van der Waals surface area (Å²) in [6.45, 7) is 1.42. The standard InChI is InChI=1S/C11H21NO3/c1-14-11(13)9-3-5-10(6-4-9)15-8-2-7-12/h9-10H,2-8,12H2,1H3. The van der Waals surface area contributed by atoms with Gasteiger partial charge < -0.3 is 15.2 Å². The first kappa shape index (κ1) is 12.5. The van der Waals surface area contributed by atoms with Gasteiger partial charge in [0.05, 0.1) is 19.1 Å². The third-order valence-corrected chi connectivity index (χ3v) is 2.91. The van der Waals surface area contributed by atoms with Crippen molar-refractivity contribution in [2.24, 2.45) is 11.7 Å². The molecule has 0 heterocycles. The van der Waals surface area contributed by atoms with Gasteiger partial charge in [0.25, 0.3) is 0 Å². The molecule has 0 radical (unpaired) electrons. The van der Waals surface area contributed by atoms with E-state index in [0.29, 0.717) is 12.6 Å². The second-order valence-corrected chi connectivity index (χ2v) is 4.01. The van der Waals surface area contributed by atoms with Crippen LogP contribution in [0.2, 0.25) is 0 Å². The molecular weight excluding hydrogens is 194 g/mol. The van der Waals surface area contributed by atoms with Crippen LogP contribution in [-0.4, -0.2) is 32.3 Å². The minimum Gasteiger partial charge on any atom is -0.469 e. The van der Waals surface area contributed by atoms with Gasteiger partial charge in [0.2, 0.25) is 0 Å². The number of rotatable bonds is 5. The largest absolute Gasteiger partial charge is 0.469 e. The Kier molecular flexibility index (Phi) is 5.65. The highest BCUT2D eigenvalue weighted by Gasteiger charge is 2.26. The maximum absolute atomic E-state index is 11.3. The van der Waals surface area contributed by atoms with Crippen LogP contribution in [0.25, 0.3) is 0 Å². The molecule has 0 bridgehead atoms. The molecule has 0 spiro atoms. The van der Waals surface area contributed by atoms with Gasteiger partial charge in [-0.15, -0.1) is 0 Å². The summed E-state index contributed by atoms with van der Waals surface area (Å²) in [6.07, 6.45) is 4.93. The minimum absolute atomic E-state index is 0.0737. The highest BCUT2D eigenvalue weighted by molar-refractivity contribution is 5.72. The fourth-order valence-corrected chi connectivity index (χ4v) is 1.97. The van der Waals surface area contributed by atoms with E-state index >= 15 is 0 Å². The second-order valence-electron chi connectivity index (χ2n) is 4.01. The van der Waals surface area contributed by atoms with E-state index in [1.54, 1.807) is 0 Å². The molecule has 0 aromatic rings. The molecule has 0 aromatic carbocycles. The molecule has 1 saturated carbocycles. The molecule has 0 aromatic heterocycles. The van der Waals surface area contributed by atoms with Gasteiger partial charge in [-0.05, 0) is 38.6 Å². The van der Waals surface area contributed by atoms with Gasteiger partial charge in [0.1, 0.15) is 0 Å². The van der Waals surface area contributed by atoms with E-state index in [1.807, 2.05) is 0 Å². The van der Waals surface area contributed by atoms with Crippen molar-refractivity contribution in [2.45, 2.75) is 38.2 Å². The first-order valence-corrected chi connectivity index (χ1v) is 5.67. The maximum atomic E-state index is 11.3. The number of nitrogens with two attached hydrogens (primary N) is 1. The number of hydrogen-bond acceptors (Lipinski definition) is 4. The Balaban J connectivity index is 2.15. The summed E-state index contributed by atoms with van der Waals surface area (Å²) in [4.78, 5) is 11.3. The zero-order valence-electron chi connectivity index (χ0n) is 9.41. The number of methoxy groups -OCH3 is 1. The zero-order valence-corrected chi connectivity index (χ0v) is 9.41. The van der Waals surface area contributed by atoms with Gasteiger partial charge in [0.15, 0.2) is 0 Å². The molecule has 1 fully saturated rings. The van der Waals surface area contributed by atoms with Crippen LogP contribution < -0.4 is 5.73 Å². The summed E-state index contributed by atoms with van der Waals surface area (Å²) in [7, 11) is 1.45. The lowest BCUT2D eigenvalue weighted by Crippen LogP contribution is -2.27. The average molecular weight is 215 g/mol. The van der Waals surface area contributed by atoms with Crippen LogP contribution in [0.3, 0.4) is 0 Å². The van der Waals surface area contributed by atoms with Crippen molar-refractivity contribution in [3.63, 3.8) is 0 Å². The second kappa shape index (κ2) is 6.80. The molecule has 0 amide bonds. The Labute approximate surface area is 91.1 Å². The van der Waals surface area contributed by atoms with Crippen LogP contribution in [0.1, 0.15) is 32.1 Å². The monoisotopic (exact) mass is 215 g/mol. The van der Waals surface area contributed by atoms with E-state index in [4.69, 9.17) is 15.2 Å². The average Bonchev–Trinajstić information content (AvgIpc) is 2.29. The summed E-state index contributed by atoms with van der Waals surface area (Å²) in [5.41, 5.74) is 5.38. The summed E-state index contributed by atoms with van der Waals surface area (Å²) in [6, 6.07) is 0. The Morgan fingerprint density at radius 3 is 2.53 bits per heavy atom. The van der Waals surface area contributed by atoms with Crippen molar-refractivity contribution in [1.82, 2.24) is 0 Å². The molecule has 0 unspecified atom stereocenters. The van der Waals surface area contributed by atoms with Crippen LogP contribution in [0.4, 0.5) is 0 Å². The molecule has 4 heteroatoms. The first-order valence-electron chi connectivity index (χ1n) is 5.67. The molecule has 1 aliphatic rings. The van der Waals surface area contributed by atoms with Crippen molar-refractivity contribution < 1.29 is 14.3 Å². The Bertz CT molecular complexity index is 188. The molecule has 0 atom stereocenters. The van der Waals surface area contributed by atoms with E-state index < -0.39 is 0 Å². The maximum Gasteiger partial charge on any atom is 0.308 e. The lowest BCUT2D eigenvalue weighted by Gasteiger charge is -2.26. The quantitative estimate of drug-likeness (QED) is 0.550. The number of carbonyl (C=O) groups is 1. The van der Waals surface area contributed by atoms with Crippen LogP contribution in [0.5, 0.6) is 0 Å². The molecule has 0 saturated heterocycles. The molecule has 0 aliphatic heterocycles. The fraction of sp³-hybridized carbons (Fsp3) is 0.909. The SMILES string of the molecule is COC(=O)C1CCC(OCCCN)CC1. The van der Waals surface area contributed by atoms with Gasteiger partial charge >= 0.3 is 5.97 Å². The predicted molar refractivity (Wildman–Crippen MR) is 57.4 cm³/mol. The van der Waals surface area contributed by atoms with Gasteiger partial charge in [-0.25, -0.2) is 0 Å². The Hall–Kier alpha value is -0.610. The van der Waals surface area contributed by atoms with Crippen LogP contribution >= 0.6 is 0 Å². The minimum atomic E-state index is -0.0737. The zero-order chi connectivity index (χ0) is 11.1. The van der Waals surface area contributed by atoms with E-state index in [1.165, 1.54) is 7.11 Å². The van der Waals surface area contributed by atoms with Crippen molar-refractivity contribution in [3.8, 4) is 0 Å². The fourth-order valence-electron chi connectivity index (χ4n) is 1.97. The molecule has 4 nitrogen and oxygen atoms in total. The molecule has 15 heavy (non-hydrogen) atoms. The summed E-state index contributed by atoms with van der Waals surface area (Å²) >= 11 is 0. The molecular formula is C11H21NO3. The Morgan fingerprint density at radius 2 is 2.00 bits per heavy atom. The molecule has 88 valence electrons. The van der Waals surface area contributed by atoms with Gasteiger partial charge in [-0.3, -0.25) is 4.79 Å². The van der Waals surface area contributed by atoms with Crippen molar-refractivity contribution in [1.29, 1.82) is 0 Å². The topological polar surface area (TPSA) is 61.5 Å². The van der Waals surface area contributed by atoms with Crippen LogP contribution in [-0.2, 0) is 14.3 Å². The first-order chi connectivity index (χ1) is 7.27. The lowest BCUT2D eigenvalue weighted by molar-refractivity contribution is -0.147. The highest BCUT2D eigenvalue weighted by atomic mass is 16.5. The summed E-state index contributed by atoms with van der Waals surface area (Å²) in [5.74, 6) is 0.0137. The summed E-state index contributed by atoms with van der Waals surface area (Å²) in [5, 5.41) is 0. The summed E-state index contributed by atoms with van der Waals surface area (Å²) < 4.78 is 10.4. The predicted octanol–water partition coefficient (Wildman–Crippen LogP) is 1.08. The van der Waals surface area contributed by atoms with E-state index in [0.717, 1.165) is 38.7 Å². The normalized spacial score (nSPS) is 26.3. The number of hydrogen-bond donors (Lipinski definition) is 1. The molecule has 1 aliphatic carbocycles. The smallest absolute Gasteiger partial charge is 0.308 e. The van der Waals surface area contributed by atoms with Crippen LogP contribution in [0, 0.1) is 5.92 Å². The van der Waals surface area contributed by atoms with Gasteiger partial charge in [-0.2, -0.15) is 0 Å². The molecule has 2 N–H and O–H groups in total. The van der Waals surface area contributed by atoms with E-state index in [2.05, 4.69) is 0 Å². The number of esters is 1. The van der Waals surface area contributed by atoms with E-state index in [-0.39, 0.29) is 11.9 Å². The van der Waals surface area contributed by atoms with Gasteiger partial charge in [0, 0.05) is 6.61 Å². The lowest BCUT2D eigenvalue weighted by atomic mass is 9.87. The highest BCUT2D eigenvalue weighted by Crippen LogP contribution is 2.26. The number of ether oxygens (including phenoxy) is 2. The van der Waals surface area contributed by atoms with Gasteiger partial charge in [-0.1, -0.05) is 0 Å². The van der Waals surface area contributed by atoms with Crippen molar-refractivity contribution >= 4 is 5.97 Å².